The SMILES string of the molecule is O=C(Nc1cnc(C2CCOC2)c(Cl)c1)c1cnn(-c2cccc3c(=O)[nH]ccc23)c1C(F)(F)F. The summed E-state index contributed by atoms with van der Waals surface area (Å²) in [4.78, 5) is 31.7. The largest absolute Gasteiger partial charge is 0.434 e. The highest BCUT2D eigenvalue weighted by atomic mass is 35.5. The van der Waals surface area contributed by atoms with Crippen molar-refractivity contribution in [1.29, 1.82) is 0 Å². The number of carbonyl (C=O) groups is 1. The number of hydrogen-bond acceptors (Lipinski definition) is 5. The summed E-state index contributed by atoms with van der Waals surface area (Å²) in [7, 11) is 0. The van der Waals surface area contributed by atoms with Crippen LogP contribution in [0.3, 0.4) is 0 Å². The van der Waals surface area contributed by atoms with Crippen molar-refractivity contribution in [3.63, 3.8) is 0 Å². The van der Waals surface area contributed by atoms with Gasteiger partial charge in [0.15, 0.2) is 5.69 Å². The van der Waals surface area contributed by atoms with Crippen molar-refractivity contribution in [2.45, 2.75) is 18.5 Å². The van der Waals surface area contributed by atoms with Gasteiger partial charge in [-0.05, 0) is 30.7 Å². The Balaban J connectivity index is 1.52. The lowest BCUT2D eigenvalue weighted by atomic mass is 10.0. The van der Waals surface area contributed by atoms with E-state index in [4.69, 9.17) is 16.3 Å². The number of anilines is 1. The fraction of sp³-hybridized carbons (Fsp3) is 0.217. The number of H-pyrrole nitrogens is 1. The third kappa shape index (κ3) is 4.28. The molecular weight excluding hydrogens is 487 g/mol. The molecule has 0 bridgehead atoms. The minimum Gasteiger partial charge on any atom is -0.381 e. The minimum atomic E-state index is -4.92. The van der Waals surface area contributed by atoms with E-state index in [2.05, 4.69) is 20.4 Å². The first kappa shape index (κ1) is 23.1. The zero-order valence-electron chi connectivity index (χ0n) is 17.9. The molecule has 3 aromatic heterocycles. The molecule has 0 aliphatic carbocycles. The minimum absolute atomic E-state index is 0.00724. The molecule has 0 radical (unpaired) electrons. The summed E-state index contributed by atoms with van der Waals surface area (Å²) in [5.74, 6) is -1.01. The van der Waals surface area contributed by atoms with E-state index >= 15 is 0 Å². The van der Waals surface area contributed by atoms with Crippen LogP contribution in [-0.2, 0) is 10.9 Å². The Hall–Kier alpha value is -3.70. The summed E-state index contributed by atoms with van der Waals surface area (Å²) < 4.78 is 48.4. The molecular formula is C23H17ClF3N5O3. The Labute approximate surface area is 200 Å². The normalized spacial score (nSPS) is 16.1. The molecule has 1 unspecified atom stereocenters. The Morgan fingerprint density at radius 2 is 2.06 bits per heavy atom. The number of hydrogen-bond donors (Lipinski definition) is 2. The number of amides is 1. The molecule has 1 fully saturated rings. The number of benzene rings is 1. The van der Waals surface area contributed by atoms with E-state index in [0.29, 0.717) is 23.6 Å². The van der Waals surface area contributed by atoms with Crippen molar-refractivity contribution in [2.75, 3.05) is 18.5 Å². The van der Waals surface area contributed by atoms with E-state index in [0.717, 1.165) is 12.6 Å². The Morgan fingerprint density at radius 3 is 2.77 bits per heavy atom. The fourth-order valence-corrected chi connectivity index (χ4v) is 4.45. The number of fused-ring (bicyclic) bond motifs is 1. The average molecular weight is 504 g/mol. The maximum atomic E-state index is 14.1. The van der Waals surface area contributed by atoms with Gasteiger partial charge in [0, 0.05) is 29.5 Å². The van der Waals surface area contributed by atoms with Gasteiger partial charge in [0.25, 0.3) is 11.5 Å². The highest BCUT2D eigenvalue weighted by Crippen LogP contribution is 2.36. The molecule has 1 saturated heterocycles. The summed E-state index contributed by atoms with van der Waals surface area (Å²) >= 11 is 6.30. The van der Waals surface area contributed by atoms with Crippen molar-refractivity contribution in [1.82, 2.24) is 19.7 Å². The summed E-state index contributed by atoms with van der Waals surface area (Å²) in [6.07, 6.45) is -0.659. The third-order valence-corrected chi connectivity index (χ3v) is 6.05. The predicted molar refractivity (Wildman–Crippen MR) is 122 cm³/mol. The number of aromatic nitrogens is 4. The molecule has 1 atom stereocenters. The number of nitrogens with zero attached hydrogens (tertiary/aromatic N) is 3. The number of carbonyl (C=O) groups excluding carboxylic acids is 1. The molecule has 180 valence electrons. The van der Waals surface area contributed by atoms with Gasteiger partial charge in [-0.25, -0.2) is 4.68 Å². The van der Waals surface area contributed by atoms with Crippen molar-refractivity contribution in [3.8, 4) is 5.69 Å². The monoisotopic (exact) mass is 503 g/mol. The number of aromatic amines is 1. The topological polar surface area (TPSA) is 102 Å². The number of ether oxygens (including phenoxy) is 1. The summed E-state index contributed by atoms with van der Waals surface area (Å²) in [5.41, 5.74) is -1.67. The van der Waals surface area contributed by atoms with Crippen LogP contribution in [0.1, 0.15) is 34.1 Å². The highest BCUT2D eigenvalue weighted by molar-refractivity contribution is 6.31. The van der Waals surface area contributed by atoms with E-state index in [1.807, 2.05) is 0 Å². The van der Waals surface area contributed by atoms with E-state index in [9.17, 15) is 22.8 Å². The van der Waals surface area contributed by atoms with Crippen LogP contribution in [0.15, 0.2) is 53.7 Å². The van der Waals surface area contributed by atoms with E-state index in [-0.39, 0.29) is 33.1 Å². The molecule has 12 heteroatoms. The van der Waals surface area contributed by atoms with Crippen molar-refractivity contribution in [2.24, 2.45) is 0 Å². The Kier molecular flexibility index (Phi) is 5.81. The second kappa shape index (κ2) is 8.82. The summed E-state index contributed by atoms with van der Waals surface area (Å²) in [6.45, 7) is 1.07. The Morgan fingerprint density at radius 1 is 1.23 bits per heavy atom. The lowest BCUT2D eigenvalue weighted by Gasteiger charge is -2.15. The standard InChI is InChI=1S/C23H17ClF3N5O3/c24-17-8-13(9-29-19(17)12-5-7-35-11-12)31-22(34)16-10-30-32(20(16)23(25,26)27)18-3-1-2-15-14(18)4-6-28-21(15)33/h1-4,6,8-10,12H,5,7,11H2,(H,28,33)(H,31,34). The molecule has 4 aromatic rings. The smallest absolute Gasteiger partial charge is 0.381 e. The first-order valence-electron chi connectivity index (χ1n) is 10.5. The number of halogens is 4. The summed E-state index contributed by atoms with van der Waals surface area (Å²) in [5, 5.41) is 6.98. The van der Waals surface area contributed by atoms with Crippen molar-refractivity contribution < 1.29 is 22.7 Å². The molecule has 2 N–H and O–H groups in total. The van der Waals surface area contributed by atoms with Gasteiger partial charge in [0.05, 0.1) is 46.7 Å². The van der Waals surface area contributed by atoms with Crippen molar-refractivity contribution in [3.05, 3.63) is 81.3 Å². The lowest BCUT2D eigenvalue weighted by Crippen LogP contribution is -2.21. The molecule has 0 spiro atoms. The van der Waals surface area contributed by atoms with Crippen LogP contribution in [0, 0.1) is 0 Å². The van der Waals surface area contributed by atoms with E-state index < -0.39 is 28.9 Å². The molecule has 0 saturated carbocycles. The van der Waals surface area contributed by atoms with Gasteiger partial charge < -0.3 is 15.0 Å². The lowest BCUT2D eigenvalue weighted by molar-refractivity contribution is -0.143. The number of rotatable bonds is 4. The van der Waals surface area contributed by atoms with Crippen LogP contribution in [0.4, 0.5) is 18.9 Å². The van der Waals surface area contributed by atoms with Crippen molar-refractivity contribution >= 4 is 34.0 Å². The molecule has 4 heterocycles. The molecule has 35 heavy (non-hydrogen) atoms. The maximum Gasteiger partial charge on any atom is 0.434 e. The van der Waals surface area contributed by atoms with Gasteiger partial charge in [-0.1, -0.05) is 17.7 Å². The summed E-state index contributed by atoms with van der Waals surface area (Å²) in [6, 6.07) is 7.23. The highest BCUT2D eigenvalue weighted by Gasteiger charge is 2.41. The van der Waals surface area contributed by atoms with E-state index in [1.165, 1.54) is 42.7 Å². The second-order valence-corrected chi connectivity index (χ2v) is 8.37. The third-order valence-electron chi connectivity index (χ3n) is 5.75. The molecule has 1 aliphatic rings. The molecule has 1 aliphatic heterocycles. The molecule has 5 rings (SSSR count). The van der Waals surface area contributed by atoms with Crippen LogP contribution in [0.2, 0.25) is 5.02 Å². The maximum absolute atomic E-state index is 14.1. The van der Waals surface area contributed by atoms with Crippen LogP contribution in [0.25, 0.3) is 16.5 Å². The predicted octanol–water partition coefficient (Wildman–Crippen LogP) is 4.54. The zero-order chi connectivity index (χ0) is 24.7. The number of pyridine rings is 2. The average Bonchev–Trinajstić information content (AvgIpc) is 3.49. The van der Waals surface area contributed by atoms with E-state index in [1.54, 1.807) is 0 Å². The first-order valence-corrected chi connectivity index (χ1v) is 10.9. The first-order chi connectivity index (χ1) is 16.7. The van der Waals surface area contributed by atoms with Crippen LogP contribution >= 0.6 is 11.6 Å². The van der Waals surface area contributed by atoms with Gasteiger partial charge in [-0.2, -0.15) is 18.3 Å². The fourth-order valence-electron chi connectivity index (χ4n) is 4.13. The van der Waals surface area contributed by atoms with Gasteiger partial charge >= 0.3 is 6.18 Å². The zero-order valence-corrected chi connectivity index (χ0v) is 18.7. The van der Waals surface area contributed by atoms with Gasteiger partial charge in [-0.3, -0.25) is 14.6 Å². The number of alkyl halides is 3. The number of nitrogens with one attached hydrogen (secondary N) is 2. The Bertz CT molecular complexity index is 1490. The quantitative estimate of drug-likeness (QED) is 0.426. The van der Waals surface area contributed by atoms with Crippen LogP contribution in [0.5, 0.6) is 0 Å². The molecule has 1 amide bonds. The van der Waals surface area contributed by atoms with Crippen LogP contribution < -0.4 is 10.9 Å². The molecule has 1 aromatic carbocycles. The van der Waals surface area contributed by atoms with Gasteiger partial charge in [0.2, 0.25) is 0 Å². The van der Waals surface area contributed by atoms with Crippen LogP contribution in [-0.4, -0.2) is 38.9 Å². The molecule has 8 nitrogen and oxygen atoms in total. The second-order valence-electron chi connectivity index (χ2n) is 7.97. The van der Waals surface area contributed by atoms with Gasteiger partial charge in [-0.15, -0.1) is 0 Å². The van der Waals surface area contributed by atoms with Gasteiger partial charge in [0.1, 0.15) is 0 Å².